The molecule has 3 nitrogen and oxygen atoms in total. The molecule has 1 unspecified atom stereocenters. The first-order valence-electron chi connectivity index (χ1n) is 7.04. The Morgan fingerprint density at radius 2 is 1.68 bits per heavy atom. The molecule has 0 saturated heterocycles. The van der Waals surface area contributed by atoms with Crippen LogP contribution in [0.1, 0.15) is 63.1 Å². The van der Waals surface area contributed by atoms with Crippen molar-refractivity contribution in [3.8, 4) is 0 Å². The van der Waals surface area contributed by atoms with Crippen LogP contribution in [0, 0.1) is 0 Å². The van der Waals surface area contributed by atoms with E-state index in [1.807, 2.05) is 6.92 Å². The smallest absolute Gasteiger partial charge is 0.220 e. The second-order valence-corrected chi connectivity index (χ2v) is 5.29. The summed E-state index contributed by atoms with van der Waals surface area (Å²) < 4.78 is 0. The average Bonchev–Trinajstić information content (AvgIpc) is 2.39. The SMILES string of the molecule is CC(C)c1ccc(C(C)NC(=O)CCCCO)cc1. The number of amides is 1. The Kier molecular flexibility index (Phi) is 6.57. The lowest BCUT2D eigenvalue weighted by Crippen LogP contribution is -2.26. The molecule has 2 N–H and O–H groups in total. The fourth-order valence-electron chi connectivity index (χ4n) is 1.96. The number of nitrogens with one attached hydrogen (secondary N) is 1. The average molecular weight is 263 g/mol. The fraction of sp³-hybridized carbons (Fsp3) is 0.562. The minimum Gasteiger partial charge on any atom is -0.396 e. The second kappa shape index (κ2) is 7.95. The molecule has 0 aliphatic heterocycles. The van der Waals surface area contributed by atoms with Gasteiger partial charge in [-0.25, -0.2) is 0 Å². The first kappa shape index (κ1) is 15.7. The van der Waals surface area contributed by atoms with Crippen LogP contribution in [0.2, 0.25) is 0 Å². The zero-order valence-corrected chi connectivity index (χ0v) is 12.1. The second-order valence-electron chi connectivity index (χ2n) is 5.29. The van der Waals surface area contributed by atoms with Crippen LogP contribution in [0.3, 0.4) is 0 Å². The topological polar surface area (TPSA) is 49.3 Å². The maximum atomic E-state index is 11.7. The van der Waals surface area contributed by atoms with Gasteiger partial charge in [0.1, 0.15) is 0 Å². The molecule has 0 fully saturated rings. The van der Waals surface area contributed by atoms with Crippen LogP contribution in [0.4, 0.5) is 0 Å². The Hall–Kier alpha value is -1.35. The highest BCUT2D eigenvalue weighted by molar-refractivity contribution is 5.76. The van der Waals surface area contributed by atoms with Crippen LogP contribution in [-0.2, 0) is 4.79 Å². The number of hydrogen-bond donors (Lipinski definition) is 2. The summed E-state index contributed by atoms with van der Waals surface area (Å²) in [6, 6.07) is 8.42. The van der Waals surface area contributed by atoms with E-state index in [1.165, 1.54) is 5.56 Å². The molecule has 0 aromatic heterocycles. The third-order valence-corrected chi connectivity index (χ3v) is 3.29. The third kappa shape index (κ3) is 5.43. The quantitative estimate of drug-likeness (QED) is 0.742. The lowest BCUT2D eigenvalue weighted by Gasteiger charge is -2.15. The number of rotatable bonds is 7. The molecule has 1 aromatic rings. The molecule has 1 rings (SSSR count). The lowest BCUT2D eigenvalue weighted by atomic mass is 9.99. The van der Waals surface area contributed by atoms with Crippen molar-refractivity contribution in [2.24, 2.45) is 0 Å². The van der Waals surface area contributed by atoms with E-state index in [1.54, 1.807) is 0 Å². The Labute approximate surface area is 116 Å². The molecule has 0 aliphatic carbocycles. The number of unbranched alkanes of at least 4 members (excludes halogenated alkanes) is 1. The van der Waals surface area contributed by atoms with Crippen molar-refractivity contribution >= 4 is 5.91 Å². The Balaban J connectivity index is 2.48. The molecule has 1 amide bonds. The van der Waals surface area contributed by atoms with Gasteiger partial charge in [-0.05, 0) is 36.8 Å². The Morgan fingerprint density at radius 1 is 1.11 bits per heavy atom. The molecule has 0 heterocycles. The van der Waals surface area contributed by atoms with Crippen molar-refractivity contribution in [3.63, 3.8) is 0 Å². The van der Waals surface area contributed by atoms with Gasteiger partial charge in [-0.2, -0.15) is 0 Å². The lowest BCUT2D eigenvalue weighted by molar-refractivity contribution is -0.121. The van der Waals surface area contributed by atoms with E-state index >= 15 is 0 Å². The molecule has 106 valence electrons. The molecule has 19 heavy (non-hydrogen) atoms. The number of benzene rings is 1. The predicted octanol–water partition coefficient (Wildman–Crippen LogP) is 3.15. The van der Waals surface area contributed by atoms with Gasteiger partial charge in [-0.3, -0.25) is 4.79 Å². The Bertz CT molecular complexity index is 384. The van der Waals surface area contributed by atoms with E-state index in [4.69, 9.17) is 5.11 Å². The van der Waals surface area contributed by atoms with E-state index in [0.29, 0.717) is 18.8 Å². The number of hydrogen-bond acceptors (Lipinski definition) is 2. The van der Waals surface area contributed by atoms with E-state index in [9.17, 15) is 4.79 Å². The molecule has 0 bridgehead atoms. The molecule has 1 atom stereocenters. The number of carbonyl (C=O) groups excluding carboxylic acids is 1. The van der Waals surface area contributed by atoms with Crippen molar-refractivity contribution in [2.75, 3.05) is 6.61 Å². The highest BCUT2D eigenvalue weighted by Crippen LogP contribution is 2.18. The van der Waals surface area contributed by atoms with Crippen molar-refractivity contribution < 1.29 is 9.90 Å². The first-order valence-corrected chi connectivity index (χ1v) is 7.04. The maximum Gasteiger partial charge on any atom is 0.220 e. The molecule has 0 aliphatic rings. The van der Waals surface area contributed by atoms with Crippen LogP contribution < -0.4 is 5.32 Å². The van der Waals surface area contributed by atoms with Gasteiger partial charge >= 0.3 is 0 Å². The van der Waals surface area contributed by atoms with Crippen LogP contribution in [0.15, 0.2) is 24.3 Å². The Morgan fingerprint density at radius 3 is 2.21 bits per heavy atom. The summed E-state index contributed by atoms with van der Waals surface area (Å²) in [5.41, 5.74) is 2.44. The number of aliphatic hydroxyl groups is 1. The van der Waals surface area contributed by atoms with Crippen LogP contribution in [-0.4, -0.2) is 17.6 Å². The first-order chi connectivity index (χ1) is 9.04. The highest BCUT2D eigenvalue weighted by Gasteiger charge is 2.09. The van der Waals surface area contributed by atoms with Gasteiger partial charge in [0.05, 0.1) is 6.04 Å². The molecule has 0 spiro atoms. The monoisotopic (exact) mass is 263 g/mol. The van der Waals surface area contributed by atoms with Crippen LogP contribution in [0.25, 0.3) is 0 Å². The number of carbonyl (C=O) groups is 1. The van der Waals surface area contributed by atoms with Gasteiger partial charge in [0, 0.05) is 13.0 Å². The molecule has 3 heteroatoms. The van der Waals surface area contributed by atoms with E-state index < -0.39 is 0 Å². The largest absolute Gasteiger partial charge is 0.396 e. The predicted molar refractivity (Wildman–Crippen MR) is 78.0 cm³/mol. The van der Waals surface area contributed by atoms with Crippen molar-refractivity contribution in [2.45, 2.75) is 52.0 Å². The summed E-state index contributed by atoms with van der Waals surface area (Å²) in [6.07, 6.45) is 1.90. The minimum absolute atomic E-state index is 0.0304. The maximum absolute atomic E-state index is 11.7. The zero-order valence-electron chi connectivity index (χ0n) is 12.1. The summed E-state index contributed by atoms with van der Waals surface area (Å²) >= 11 is 0. The van der Waals surface area contributed by atoms with E-state index in [0.717, 1.165) is 12.0 Å². The molecular weight excluding hydrogens is 238 g/mol. The van der Waals surface area contributed by atoms with Crippen molar-refractivity contribution in [1.82, 2.24) is 5.32 Å². The summed E-state index contributed by atoms with van der Waals surface area (Å²) in [5.74, 6) is 0.575. The van der Waals surface area contributed by atoms with E-state index in [2.05, 4.69) is 43.4 Å². The van der Waals surface area contributed by atoms with Crippen molar-refractivity contribution in [3.05, 3.63) is 35.4 Å². The van der Waals surface area contributed by atoms with Crippen LogP contribution in [0.5, 0.6) is 0 Å². The van der Waals surface area contributed by atoms with Crippen molar-refractivity contribution in [1.29, 1.82) is 0 Å². The van der Waals surface area contributed by atoms with Crippen LogP contribution >= 0.6 is 0 Å². The fourth-order valence-corrected chi connectivity index (χ4v) is 1.96. The third-order valence-electron chi connectivity index (χ3n) is 3.29. The van der Waals surface area contributed by atoms with Gasteiger partial charge < -0.3 is 10.4 Å². The normalized spacial score (nSPS) is 12.5. The molecular formula is C16H25NO2. The molecule has 0 radical (unpaired) electrons. The van der Waals surface area contributed by atoms with Gasteiger partial charge in [-0.15, -0.1) is 0 Å². The van der Waals surface area contributed by atoms with Gasteiger partial charge in [0.2, 0.25) is 5.91 Å². The molecule has 1 aromatic carbocycles. The summed E-state index contributed by atoms with van der Waals surface area (Å²) in [4.78, 5) is 11.7. The summed E-state index contributed by atoms with van der Waals surface area (Å²) in [6.45, 7) is 6.48. The minimum atomic E-state index is 0.0304. The summed E-state index contributed by atoms with van der Waals surface area (Å²) in [7, 11) is 0. The van der Waals surface area contributed by atoms with Gasteiger partial charge in [0.25, 0.3) is 0 Å². The molecule has 0 saturated carbocycles. The van der Waals surface area contributed by atoms with Gasteiger partial charge in [0.15, 0.2) is 0 Å². The highest BCUT2D eigenvalue weighted by atomic mass is 16.2. The standard InChI is InChI=1S/C16H25NO2/c1-12(2)14-7-9-15(10-8-14)13(3)17-16(19)6-4-5-11-18/h7-10,12-13,18H,4-6,11H2,1-3H3,(H,17,19). The van der Waals surface area contributed by atoms with E-state index in [-0.39, 0.29) is 18.6 Å². The zero-order chi connectivity index (χ0) is 14.3. The number of aliphatic hydroxyl groups excluding tert-OH is 1. The summed E-state index contributed by atoms with van der Waals surface area (Å²) in [5, 5.41) is 11.7. The van der Waals surface area contributed by atoms with Gasteiger partial charge in [-0.1, -0.05) is 38.1 Å².